The molecule has 1 atom stereocenters. The number of nitrogens with one attached hydrogen (secondary N) is 1. The molecule has 1 aromatic carbocycles. The van der Waals surface area contributed by atoms with Gasteiger partial charge in [0.05, 0.1) is 11.1 Å². The van der Waals surface area contributed by atoms with Crippen LogP contribution in [0.2, 0.25) is 5.02 Å². The molecular formula is C14H13ClF3NS. The Balaban J connectivity index is 2.54. The second-order valence-corrected chi connectivity index (χ2v) is 5.64. The van der Waals surface area contributed by atoms with Gasteiger partial charge in [-0.25, -0.2) is 13.2 Å². The fraction of sp³-hybridized carbons (Fsp3) is 0.286. The van der Waals surface area contributed by atoms with Crippen LogP contribution in [0.15, 0.2) is 17.5 Å². The molecule has 2 aromatic rings. The molecule has 0 saturated heterocycles. The van der Waals surface area contributed by atoms with E-state index in [4.69, 9.17) is 11.6 Å². The maximum Gasteiger partial charge on any atom is 0.194 e. The fourth-order valence-electron chi connectivity index (χ4n) is 1.96. The summed E-state index contributed by atoms with van der Waals surface area (Å²) >= 11 is 7.55. The first-order valence-electron chi connectivity index (χ1n) is 6.07. The van der Waals surface area contributed by atoms with Crippen LogP contribution in [-0.2, 0) is 0 Å². The zero-order chi connectivity index (χ0) is 14.9. The van der Waals surface area contributed by atoms with Gasteiger partial charge >= 0.3 is 0 Å². The minimum atomic E-state index is -1.46. The lowest BCUT2D eigenvalue weighted by Crippen LogP contribution is -2.23. The first-order valence-corrected chi connectivity index (χ1v) is 7.33. The molecule has 0 radical (unpaired) electrons. The predicted octanol–water partition coefficient (Wildman–Crippen LogP) is 4.83. The van der Waals surface area contributed by atoms with Gasteiger partial charge < -0.3 is 5.32 Å². The number of hydrogen-bond acceptors (Lipinski definition) is 2. The summed E-state index contributed by atoms with van der Waals surface area (Å²) in [4.78, 5) is 0.691. The summed E-state index contributed by atoms with van der Waals surface area (Å²) in [6.07, 6.45) is 0. The molecule has 0 aliphatic heterocycles. The highest BCUT2D eigenvalue weighted by Gasteiger charge is 2.25. The average Bonchev–Trinajstić information content (AvgIpc) is 2.75. The second-order valence-electron chi connectivity index (χ2n) is 4.35. The van der Waals surface area contributed by atoms with Crippen molar-refractivity contribution in [2.24, 2.45) is 0 Å². The molecule has 0 aliphatic rings. The Kier molecular flexibility index (Phi) is 4.73. The lowest BCUT2D eigenvalue weighted by molar-refractivity contribution is 0.434. The number of halogens is 4. The Hall–Kier alpha value is -1.04. The highest BCUT2D eigenvalue weighted by atomic mass is 35.5. The number of aryl methyl sites for hydroxylation is 1. The predicted molar refractivity (Wildman–Crippen MR) is 75.9 cm³/mol. The van der Waals surface area contributed by atoms with Crippen LogP contribution in [0.25, 0.3) is 0 Å². The summed E-state index contributed by atoms with van der Waals surface area (Å²) in [5.41, 5.74) is 0.923. The van der Waals surface area contributed by atoms with Crippen LogP contribution in [0, 0.1) is 24.4 Å². The van der Waals surface area contributed by atoms with Crippen molar-refractivity contribution >= 4 is 22.9 Å². The quantitative estimate of drug-likeness (QED) is 0.796. The SMILES string of the molecule is CCNC(c1ccc(F)c(F)c1F)c1scc(C)c1Cl. The molecule has 1 N–H and O–H groups in total. The summed E-state index contributed by atoms with van der Waals surface area (Å²) < 4.78 is 40.4. The van der Waals surface area contributed by atoms with Gasteiger partial charge in [-0.1, -0.05) is 24.6 Å². The summed E-state index contributed by atoms with van der Waals surface area (Å²) in [6, 6.07) is 1.57. The normalized spacial score (nSPS) is 12.7. The van der Waals surface area contributed by atoms with Crippen LogP contribution < -0.4 is 5.32 Å². The standard InChI is InChI=1S/C14H13ClF3NS/c1-3-19-13(14-10(15)7(2)6-20-14)8-4-5-9(16)12(18)11(8)17/h4-6,13,19H,3H2,1-2H3. The zero-order valence-electron chi connectivity index (χ0n) is 10.9. The molecule has 0 saturated carbocycles. The Morgan fingerprint density at radius 2 is 1.95 bits per heavy atom. The second kappa shape index (κ2) is 6.16. The minimum absolute atomic E-state index is 0.0505. The number of hydrogen-bond donors (Lipinski definition) is 1. The molecule has 0 fully saturated rings. The van der Waals surface area contributed by atoms with E-state index >= 15 is 0 Å². The van der Waals surface area contributed by atoms with Gasteiger partial charge in [-0.3, -0.25) is 0 Å². The van der Waals surface area contributed by atoms with Crippen LogP contribution >= 0.6 is 22.9 Å². The van der Waals surface area contributed by atoms with E-state index in [1.165, 1.54) is 17.4 Å². The van der Waals surface area contributed by atoms with E-state index in [1.54, 1.807) is 0 Å². The smallest absolute Gasteiger partial charge is 0.194 e. The molecule has 2 rings (SSSR count). The lowest BCUT2D eigenvalue weighted by atomic mass is 10.0. The molecule has 1 unspecified atom stereocenters. The maximum atomic E-state index is 14.0. The minimum Gasteiger partial charge on any atom is -0.306 e. The third-order valence-corrected chi connectivity index (χ3v) is 4.75. The largest absolute Gasteiger partial charge is 0.306 e. The van der Waals surface area contributed by atoms with E-state index in [0.717, 1.165) is 11.6 Å². The van der Waals surface area contributed by atoms with Crippen LogP contribution in [-0.4, -0.2) is 6.54 Å². The molecule has 0 bridgehead atoms. The van der Waals surface area contributed by atoms with Gasteiger partial charge in [0, 0.05) is 10.4 Å². The van der Waals surface area contributed by atoms with E-state index < -0.39 is 23.5 Å². The first-order chi connectivity index (χ1) is 9.47. The van der Waals surface area contributed by atoms with Gasteiger partial charge in [0.1, 0.15) is 0 Å². The third kappa shape index (κ3) is 2.71. The van der Waals surface area contributed by atoms with Crippen molar-refractivity contribution < 1.29 is 13.2 Å². The van der Waals surface area contributed by atoms with Crippen LogP contribution in [0.4, 0.5) is 13.2 Å². The van der Waals surface area contributed by atoms with Crippen molar-refractivity contribution in [2.75, 3.05) is 6.54 Å². The van der Waals surface area contributed by atoms with Crippen molar-refractivity contribution in [2.45, 2.75) is 19.9 Å². The topological polar surface area (TPSA) is 12.0 Å². The van der Waals surface area contributed by atoms with Crippen molar-refractivity contribution in [1.82, 2.24) is 5.32 Å². The molecule has 1 heterocycles. The van der Waals surface area contributed by atoms with Gasteiger partial charge in [-0.05, 0) is 30.5 Å². The highest BCUT2D eigenvalue weighted by molar-refractivity contribution is 7.10. The Morgan fingerprint density at radius 1 is 1.25 bits per heavy atom. The van der Waals surface area contributed by atoms with Crippen molar-refractivity contribution in [1.29, 1.82) is 0 Å². The monoisotopic (exact) mass is 319 g/mol. The Bertz CT molecular complexity index is 627. The van der Waals surface area contributed by atoms with Gasteiger partial charge in [-0.15, -0.1) is 11.3 Å². The molecule has 6 heteroatoms. The summed E-state index contributed by atoms with van der Waals surface area (Å²) in [6.45, 7) is 4.22. The Labute approximate surface area is 124 Å². The summed E-state index contributed by atoms with van der Waals surface area (Å²) in [7, 11) is 0. The van der Waals surface area contributed by atoms with Gasteiger partial charge in [-0.2, -0.15) is 0 Å². The molecule has 108 valence electrons. The van der Waals surface area contributed by atoms with E-state index in [2.05, 4.69) is 5.32 Å². The van der Waals surface area contributed by atoms with Crippen LogP contribution in [0.5, 0.6) is 0 Å². The van der Waals surface area contributed by atoms with Crippen molar-refractivity contribution in [3.8, 4) is 0 Å². The molecule has 0 amide bonds. The van der Waals surface area contributed by atoms with E-state index in [9.17, 15) is 13.2 Å². The van der Waals surface area contributed by atoms with Gasteiger partial charge in [0.2, 0.25) is 0 Å². The molecular weight excluding hydrogens is 307 g/mol. The zero-order valence-corrected chi connectivity index (χ0v) is 12.5. The van der Waals surface area contributed by atoms with Crippen LogP contribution in [0.3, 0.4) is 0 Å². The van der Waals surface area contributed by atoms with E-state index in [1.807, 2.05) is 19.2 Å². The third-order valence-electron chi connectivity index (χ3n) is 2.97. The number of benzene rings is 1. The van der Waals surface area contributed by atoms with Crippen molar-refractivity contribution in [3.05, 3.63) is 56.0 Å². The fourth-order valence-corrected chi connectivity index (χ4v) is 3.35. The van der Waals surface area contributed by atoms with Gasteiger partial charge in [0.25, 0.3) is 0 Å². The highest BCUT2D eigenvalue weighted by Crippen LogP contribution is 2.37. The average molecular weight is 320 g/mol. The number of rotatable bonds is 4. The summed E-state index contributed by atoms with van der Waals surface area (Å²) in [5, 5.41) is 5.42. The van der Waals surface area contributed by atoms with E-state index in [-0.39, 0.29) is 5.56 Å². The molecule has 0 aliphatic carbocycles. The Morgan fingerprint density at radius 3 is 2.50 bits per heavy atom. The number of thiophene rings is 1. The van der Waals surface area contributed by atoms with Crippen molar-refractivity contribution in [3.63, 3.8) is 0 Å². The van der Waals surface area contributed by atoms with Crippen LogP contribution in [0.1, 0.15) is 29.0 Å². The molecule has 0 spiro atoms. The first kappa shape index (κ1) is 15.4. The van der Waals surface area contributed by atoms with E-state index in [0.29, 0.717) is 16.4 Å². The summed E-state index contributed by atoms with van der Waals surface area (Å²) in [5.74, 6) is -3.84. The van der Waals surface area contributed by atoms with Gasteiger partial charge in [0.15, 0.2) is 17.5 Å². The maximum absolute atomic E-state index is 14.0. The molecule has 1 nitrogen and oxygen atoms in total. The lowest BCUT2D eigenvalue weighted by Gasteiger charge is -2.19. The molecule has 20 heavy (non-hydrogen) atoms. The molecule has 1 aromatic heterocycles.